The highest BCUT2D eigenvalue weighted by atomic mass is 16.5. The number of aryl methyl sites for hydroxylation is 1. The van der Waals surface area contributed by atoms with Gasteiger partial charge in [-0.05, 0) is 44.4 Å². The first-order chi connectivity index (χ1) is 15.5. The highest BCUT2D eigenvalue weighted by Gasteiger charge is 2.32. The number of nitrogens with zero attached hydrogens (tertiary/aromatic N) is 3. The summed E-state index contributed by atoms with van der Waals surface area (Å²) >= 11 is 0. The molecule has 0 bridgehead atoms. The zero-order chi connectivity index (χ0) is 22.7. The molecular weight excluding hydrogens is 410 g/mol. The van der Waals surface area contributed by atoms with E-state index in [1.54, 1.807) is 26.0 Å². The maximum atomic E-state index is 13.1. The second kappa shape index (κ2) is 9.63. The van der Waals surface area contributed by atoms with Gasteiger partial charge < -0.3 is 23.7 Å². The molecule has 2 aliphatic rings. The molecule has 0 radical (unpaired) electrons. The van der Waals surface area contributed by atoms with Crippen LogP contribution in [-0.2, 0) is 22.5 Å². The summed E-state index contributed by atoms with van der Waals surface area (Å²) in [5, 5.41) is 0. The predicted molar refractivity (Wildman–Crippen MR) is 118 cm³/mol. The molecule has 8 heteroatoms. The quantitative estimate of drug-likeness (QED) is 0.641. The Kier molecular flexibility index (Phi) is 6.67. The molecule has 1 aromatic carbocycles. The topological polar surface area (TPSA) is 82.9 Å². The van der Waals surface area contributed by atoms with E-state index in [2.05, 4.69) is 9.55 Å². The van der Waals surface area contributed by atoms with E-state index in [1.807, 2.05) is 24.4 Å². The fourth-order valence-electron chi connectivity index (χ4n) is 4.74. The molecule has 0 spiro atoms. The molecule has 2 aliphatic heterocycles. The highest BCUT2D eigenvalue weighted by molar-refractivity contribution is 5.92. The average molecular weight is 442 g/mol. The Balaban J connectivity index is 1.49. The molecule has 4 rings (SSSR count). The van der Waals surface area contributed by atoms with Crippen LogP contribution >= 0.6 is 0 Å². The molecule has 2 atom stereocenters. The van der Waals surface area contributed by atoms with Crippen molar-refractivity contribution in [3.63, 3.8) is 0 Å². The average Bonchev–Trinajstić information content (AvgIpc) is 3.26. The second-order valence-corrected chi connectivity index (χ2v) is 8.38. The van der Waals surface area contributed by atoms with E-state index in [9.17, 15) is 9.59 Å². The van der Waals surface area contributed by atoms with E-state index in [-0.39, 0.29) is 23.7 Å². The van der Waals surface area contributed by atoms with Gasteiger partial charge in [0.1, 0.15) is 23.0 Å². The lowest BCUT2D eigenvalue weighted by Gasteiger charge is -2.31. The molecule has 2 aromatic rings. The number of amides is 1. The molecule has 1 saturated heterocycles. The third kappa shape index (κ3) is 4.45. The van der Waals surface area contributed by atoms with Gasteiger partial charge in [0.05, 0.1) is 26.7 Å². The number of rotatable bonds is 6. The van der Waals surface area contributed by atoms with E-state index in [0.29, 0.717) is 25.4 Å². The van der Waals surface area contributed by atoms with Gasteiger partial charge in [0, 0.05) is 43.7 Å². The summed E-state index contributed by atoms with van der Waals surface area (Å²) in [5.74, 6) is 2.22. The SMILES string of the molecule is CCOC(=O)C1CCCN(C(=O)c2cn3c(n2)CCC(c2cc(OC)ccc2OC)C3)C1. The summed E-state index contributed by atoms with van der Waals surface area (Å²) in [6, 6.07) is 5.86. The summed E-state index contributed by atoms with van der Waals surface area (Å²) in [4.78, 5) is 31.6. The van der Waals surface area contributed by atoms with Crippen molar-refractivity contribution in [3.8, 4) is 11.5 Å². The lowest BCUT2D eigenvalue weighted by molar-refractivity contribution is -0.149. The molecule has 1 fully saturated rings. The zero-order valence-corrected chi connectivity index (χ0v) is 19.0. The Morgan fingerprint density at radius 3 is 2.75 bits per heavy atom. The molecule has 1 amide bonds. The standard InChI is InChI=1S/C24H31N3O5/c1-4-32-24(29)17-6-5-11-26(14-17)23(28)20-15-27-13-16(7-10-22(27)25-20)19-12-18(30-2)8-9-21(19)31-3/h8-9,12,15-17H,4-7,10-11,13-14H2,1-3H3. The predicted octanol–water partition coefficient (Wildman–Crippen LogP) is 3.05. The summed E-state index contributed by atoms with van der Waals surface area (Å²) < 4.78 is 18.2. The van der Waals surface area contributed by atoms with E-state index in [4.69, 9.17) is 14.2 Å². The lowest BCUT2D eigenvalue weighted by Crippen LogP contribution is -2.43. The third-order valence-corrected chi connectivity index (χ3v) is 6.42. The number of imidazole rings is 1. The Morgan fingerprint density at radius 2 is 2.00 bits per heavy atom. The molecule has 2 unspecified atom stereocenters. The molecule has 0 saturated carbocycles. The van der Waals surface area contributed by atoms with Gasteiger partial charge in [0.2, 0.25) is 0 Å². The molecule has 8 nitrogen and oxygen atoms in total. The van der Waals surface area contributed by atoms with Gasteiger partial charge >= 0.3 is 5.97 Å². The van der Waals surface area contributed by atoms with Crippen molar-refractivity contribution in [1.29, 1.82) is 0 Å². The van der Waals surface area contributed by atoms with Crippen LogP contribution in [0.3, 0.4) is 0 Å². The van der Waals surface area contributed by atoms with Gasteiger partial charge in [-0.3, -0.25) is 9.59 Å². The van der Waals surface area contributed by atoms with Crippen molar-refractivity contribution in [3.05, 3.63) is 41.5 Å². The maximum absolute atomic E-state index is 13.1. The van der Waals surface area contributed by atoms with Gasteiger partial charge in [0.15, 0.2) is 0 Å². The number of benzene rings is 1. The van der Waals surface area contributed by atoms with E-state index < -0.39 is 0 Å². The lowest BCUT2D eigenvalue weighted by atomic mass is 9.90. The third-order valence-electron chi connectivity index (χ3n) is 6.42. The van der Waals surface area contributed by atoms with Crippen molar-refractivity contribution in [2.75, 3.05) is 33.9 Å². The fraction of sp³-hybridized carbons (Fsp3) is 0.542. The van der Waals surface area contributed by atoms with Crippen LogP contribution in [0, 0.1) is 5.92 Å². The van der Waals surface area contributed by atoms with Crippen molar-refractivity contribution < 1.29 is 23.8 Å². The maximum Gasteiger partial charge on any atom is 0.310 e. The number of carbonyl (C=O) groups excluding carboxylic acids is 2. The Hall–Kier alpha value is -3.03. The first-order valence-corrected chi connectivity index (χ1v) is 11.3. The number of hydrogen-bond acceptors (Lipinski definition) is 6. The van der Waals surface area contributed by atoms with Crippen molar-refractivity contribution in [2.45, 2.75) is 45.1 Å². The summed E-state index contributed by atoms with van der Waals surface area (Å²) in [5.41, 5.74) is 1.55. The van der Waals surface area contributed by atoms with E-state index in [1.165, 1.54) is 0 Å². The molecular formula is C24H31N3O5. The Bertz CT molecular complexity index is 986. The van der Waals surface area contributed by atoms with Gasteiger partial charge in [-0.25, -0.2) is 4.98 Å². The number of hydrogen-bond donors (Lipinski definition) is 0. The van der Waals surface area contributed by atoms with E-state index in [0.717, 1.165) is 55.1 Å². The minimum Gasteiger partial charge on any atom is -0.497 e. The smallest absolute Gasteiger partial charge is 0.310 e. The van der Waals surface area contributed by atoms with Crippen LogP contribution in [0.4, 0.5) is 0 Å². The van der Waals surface area contributed by atoms with Crippen LogP contribution in [0.25, 0.3) is 0 Å². The second-order valence-electron chi connectivity index (χ2n) is 8.38. The highest BCUT2D eigenvalue weighted by Crippen LogP contribution is 2.36. The Morgan fingerprint density at radius 1 is 1.16 bits per heavy atom. The normalized spacial score (nSPS) is 20.4. The van der Waals surface area contributed by atoms with E-state index >= 15 is 0 Å². The number of carbonyl (C=O) groups is 2. The number of fused-ring (bicyclic) bond motifs is 1. The summed E-state index contributed by atoms with van der Waals surface area (Å²) in [6.07, 6.45) is 5.10. The van der Waals surface area contributed by atoms with Gasteiger partial charge in [-0.2, -0.15) is 0 Å². The van der Waals surface area contributed by atoms with Gasteiger partial charge in [-0.15, -0.1) is 0 Å². The van der Waals surface area contributed by atoms with Crippen LogP contribution in [-0.4, -0.2) is 60.2 Å². The molecule has 32 heavy (non-hydrogen) atoms. The molecule has 1 aromatic heterocycles. The van der Waals surface area contributed by atoms with Crippen LogP contribution in [0.5, 0.6) is 11.5 Å². The summed E-state index contributed by atoms with van der Waals surface area (Å²) in [7, 11) is 3.33. The van der Waals surface area contributed by atoms with Crippen molar-refractivity contribution in [1.82, 2.24) is 14.5 Å². The van der Waals surface area contributed by atoms with Crippen LogP contribution in [0.15, 0.2) is 24.4 Å². The number of piperidine rings is 1. The van der Waals surface area contributed by atoms with Crippen molar-refractivity contribution >= 4 is 11.9 Å². The van der Waals surface area contributed by atoms with Crippen LogP contribution in [0.1, 0.15) is 54.0 Å². The monoisotopic (exact) mass is 441 g/mol. The molecule has 0 N–H and O–H groups in total. The fourth-order valence-corrected chi connectivity index (χ4v) is 4.74. The van der Waals surface area contributed by atoms with Gasteiger partial charge in [-0.1, -0.05) is 0 Å². The zero-order valence-electron chi connectivity index (χ0n) is 19.0. The number of aromatic nitrogens is 2. The Labute approximate surface area is 188 Å². The summed E-state index contributed by atoms with van der Waals surface area (Å²) in [6.45, 7) is 3.92. The number of likely N-dealkylation sites (tertiary alicyclic amines) is 1. The molecule has 172 valence electrons. The number of esters is 1. The van der Waals surface area contributed by atoms with Crippen LogP contribution in [0.2, 0.25) is 0 Å². The molecule has 0 aliphatic carbocycles. The first kappa shape index (κ1) is 22.2. The minimum absolute atomic E-state index is 0.114. The van der Waals surface area contributed by atoms with Crippen molar-refractivity contribution in [2.24, 2.45) is 5.92 Å². The van der Waals surface area contributed by atoms with Gasteiger partial charge in [0.25, 0.3) is 5.91 Å². The number of methoxy groups -OCH3 is 2. The number of ether oxygens (including phenoxy) is 3. The minimum atomic E-state index is -0.255. The molecule has 3 heterocycles. The largest absolute Gasteiger partial charge is 0.497 e. The first-order valence-electron chi connectivity index (χ1n) is 11.3. The van der Waals surface area contributed by atoms with Crippen LogP contribution < -0.4 is 9.47 Å².